The highest BCUT2D eigenvalue weighted by atomic mass is 32.1. The van der Waals surface area contributed by atoms with E-state index in [1.54, 1.807) is 0 Å². The molecule has 0 amide bonds. The van der Waals surface area contributed by atoms with Crippen LogP contribution in [0.4, 0.5) is 5.69 Å². The minimum absolute atomic E-state index is 0.336. The fourth-order valence-electron chi connectivity index (χ4n) is 2.71. The van der Waals surface area contributed by atoms with Crippen molar-refractivity contribution in [3.05, 3.63) is 53.1 Å². The summed E-state index contributed by atoms with van der Waals surface area (Å²) in [4.78, 5) is 5.33. The highest BCUT2D eigenvalue weighted by molar-refractivity contribution is 7.81. The van der Waals surface area contributed by atoms with Gasteiger partial charge in [0, 0.05) is 29.9 Å². The summed E-state index contributed by atoms with van der Waals surface area (Å²) in [5, 5.41) is 13.0. The molecular weight excluding hydrogens is 294 g/mol. The molecule has 1 aliphatic heterocycles. The number of aliphatic imine (C=N–C) groups is 1. The molecule has 4 nitrogen and oxygen atoms in total. The molecule has 3 rings (SSSR count). The number of β-amino-alcohol motifs (C(OH)–C–C–N with tert-alkyl or cyclic N) is 1. The number of aliphatic hydroxyl groups is 1. The molecule has 22 heavy (non-hydrogen) atoms. The minimum atomic E-state index is -0.336. The van der Waals surface area contributed by atoms with E-state index in [-0.39, 0.29) is 6.10 Å². The van der Waals surface area contributed by atoms with E-state index >= 15 is 0 Å². The van der Waals surface area contributed by atoms with Crippen molar-refractivity contribution in [3.8, 4) is 0 Å². The lowest BCUT2D eigenvalue weighted by atomic mass is 10.0. The van der Waals surface area contributed by atoms with Crippen LogP contribution in [-0.2, 0) is 13.0 Å². The van der Waals surface area contributed by atoms with Gasteiger partial charge < -0.3 is 16.2 Å². The molecule has 1 aromatic carbocycles. The number of rotatable bonds is 2. The molecule has 1 unspecified atom stereocenters. The summed E-state index contributed by atoms with van der Waals surface area (Å²) in [7, 11) is 0. The number of nitrogens with one attached hydrogen (secondary N) is 1. The van der Waals surface area contributed by atoms with Crippen LogP contribution in [-0.4, -0.2) is 28.5 Å². The molecule has 5 heteroatoms. The maximum absolute atomic E-state index is 9.81. The predicted octanol–water partition coefficient (Wildman–Crippen LogP) is 1.94. The van der Waals surface area contributed by atoms with Crippen LogP contribution in [0.1, 0.15) is 17.5 Å². The Balaban J connectivity index is 1.88. The summed E-state index contributed by atoms with van der Waals surface area (Å²) < 4.78 is 0. The van der Waals surface area contributed by atoms with E-state index in [0.717, 1.165) is 40.2 Å². The van der Waals surface area contributed by atoms with E-state index in [1.165, 1.54) is 0 Å². The number of hydrogen-bond acceptors (Lipinski definition) is 4. The van der Waals surface area contributed by atoms with Crippen LogP contribution in [0, 0.1) is 0 Å². The second-order valence-electron chi connectivity index (χ2n) is 5.57. The summed E-state index contributed by atoms with van der Waals surface area (Å²) in [6.45, 7) is 1.35. The molecule has 1 heterocycles. The van der Waals surface area contributed by atoms with Crippen molar-refractivity contribution >= 4 is 28.6 Å². The van der Waals surface area contributed by atoms with Gasteiger partial charge in [0.05, 0.1) is 11.8 Å². The van der Waals surface area contributed by atoms with Gasteiger partial charge in [0.2, 0.25) is 0 Å². The lowest BCUT2D eigenvalue weighted by Gasteiger charge is -2.11. The first kappa shape index (κ1) is 15.1. The second-order valence-corrected chi connectivity index (χ2v) is 6.07. The lowest BCUT2D eigenvalue weighted by molar-refractivity contribution is 0.175. The fraction of sp³-hybridized carbons (Fsp3) is 0.294. The van der Waals surface area contributed by atoms with Crippen LogP contribution in [0.2, 0.25) is 0 Å². The summed E-state index contributed by atoms with van der Waals surface area (Å²) >= 11 is 5.33. The summed E-state index contributed by atoms with van der Waals surface area (Å²) in [6.07, 6.45) is 6.95. The van der Waals surface area contributed by atoms with Crippen molar-refractivity contribution in [2.75, 3.05) is 6.54 Å². The Hall–Kier alpha value is -1.82. The zero-order valence-electron chi connectivity index (χ0n) is 12.2. The molecule has 1 aliphatic carbocycles. The van der Waals surface area contributed by atoms with Crippen LogP contribution in [0.3, 0.4) is 0 Å². The van der Waals surface area contributed by atoms with Crippen LogP contribution in [0.5, 0.6) is 0 Å². The summed E-state index contributed by atoms with van der Waals surface area (Å²) in [5.41, 5.74) is 10.1. The van der Waals surface area contributed by atoms with Crippen LogP contribution in [0.25, 0.3) is 0 Å². The molecule has 0 spiro atoms. The van der Waals surface area contributed by atoms with Gasteiger partial charge in [-0.15, -0.1) is 0 Å². The average molecular weight is 313 g/mol. The summed E-state index contributed by atoms with van der Waals surface area (Å²) in [5.74, 6) is 0.455. The van der Waals surface area contributed by atoms with Gasteiger partial charge in [-0.1, -0.05) is 36.5 Å². The monoisotopic (exact) mass is 313 g/mol. The van der Waals surface area contributed by atoms with Crippen molar-refractivity contribution in [2.45, 2.75) is 25.5 Å². The number of allylic oxidation sites excluding steroid dienone is 3. The minimum Gasteiger partial charge on any atom is -0.391 e. The number of nitrogens with zero attached hydrogens (tertiary/aromatic N) is 1. The van der Waals surface area contributed by atoms with Gasteiger partial charge in [0.1, 0.15) is 5.84 Å². The average Bonchev–Trinajstić information content (AvgIpc) is 2.68. The maximum atomic E-state index is 9.81. The van der Waals surface area contributed by atoms with E-state index in [9.17, 15) is 5.11 Å². The van der Waals surface area contributed by atoms with E-state index in [1.807, 2.05) is 36.4 Å². The SMILES string of the molecule is NC(=Nc1ccc2c(c1)CNCC(O)C2)C1=CC=CCC1=S. The molecule has 114 valence electrons. The molecule has 1 aromatic rings. The number of hydrogen-bond donors (Lipinski definition) is 3. The largest absolute Gasteiger partial charge is 0.391 e. The van der Waals surface area contributed by atoms with E-state index < -0.39 is 0 Å². The highest BCUT2D eigenvalue weighted by Crippen LogP contribution is 2.22. The molecule has 4 N–H and O–H groups in total. The predicted molar refractivity (Wildman–Crippen MR) is 93.6 cm³/mol. The first-order valence-electron chi connectivity index (χ1n) is 7.38. The van der Waals surface area contributed by atoms with Gasteiger partial charge in [0.15, 0.2) is 0 Å². The van der Waals surface area contributed by atoms with E-state index in [2.05, 4.69) is 10.3 Å². The lowest BCUT2D eigenvalue weighted by Crippen LogP contribution is -2.24. The van der Waals surface area contributed by atoms with E-state index in [0.29, 0.717) is 18.8 Å². The molecular formula is C17H19N3OS. The standard InChI is InChI=1S/C17H19N3OS/c18-17(15-3-1-2-4-16(15)22)20-13-6-5-11-8-14(21)10-19-9-12(11)7-13/h1-3,5-7,14,19,21H,4,8-10H2,(H2,18,20). The van der Waals surface area contributed by atoms with Gasteiger partial charge in [-0.3, -0.25) is 0 Å². The Kier molecular flexibility index (Phi) is 4.47. The normalized spacial score (nSPS) is 22.0. The Bertz CT molecular complexity index is 691. The Morgan fingerprint density at radius 3 is 3.05 bits per heavy atom. The Morgan fingerprint density at radius 1 is 1.36 bits per heavy atom. The zero-order valence-corrected chi connectivity index (χ0v) is 13.1. The quantitative estimate of drug-likeness (QED) is 0.443. The number of nitrogens with two attached hydrogens (primary N) is 1. The number of amidine groups is 1. The van der Waals surface area contributed by atoms with Gasteiger partial charge in [-0.2, -0.15) is 0 Å². The van der Waals surface area contributed by atoms with E-state index in [4.69, 9.17) is 18.0 Å². The maximum Gasteiger partial charge on any atom is 0.132 e. The van der Waals surface area contributed by atoms with Crippen molar-refractivity contribution in [3.63, 3.8) is 0 Å². The smallest absolute Gasteiger partial charge is 0.132 e. The van der Waals surface area contributed by atoms with Crippen molar-refractivity contribution in [1.29, 1.82) is 0 Å². The van der Waals surface area contributed by atoms with Crippen LogP contribution >= 0.6 is 12.2 Å². The molecule has 0 aromatic heterocycles. The fourth-order valence-corrected chi connectivity index (χ4v) is 2.98. The Morgan fingerprint density at radius 2 is 2.23 bits per heavy atom. The summed E-state index contributed by atoms with van der Waals surface area (Å²) in [6, 6.07) is 5.98. The number of benzene rings is 1. The van der Waals surface area contributed by atoms with Crippen molar-refractivity contribution in [1.82, 2.24) is 5.32 Å². The second kappa shape index (κ2) is 6.52. The first-order valence-corrected chi connectivity index (χ1v) is 7.79. The van der Waals surface area contributed by atoms with Crippen molar-refractivity contribution < 1.29 is 5.11 Å². The molecule has 1 atom stereocenters. The molecule has 0 radical (unpaired) electrons. The molecule has 0 saturated heterocycles. The van der Waals surface area contributed by atoms with Crippen molar-refractivity contribution in [2.24, 2.45) is 10.7 Å². The zero-order chi connectivity index (χ0) is 15.5. The van der Waals surface area contributed by atoms with Gasteiger partial charge >= 0.3 is 0 Å². The molecule has 0 bridgehead atoms. The third-order valence-electron chi connectivity index (χ3n) is 3.87. The number of fused-ring (bicyclic) bond motifs is 1. The van der Waals surface area contributed by atoms with Gasteiger partial charge in [0.25, 0.3) is 0 Å². The highest BCUT2D eigenvalue weighted by Gasteiger charge is 2.15. The molecule has 0 fully saturated rings. The Labute approximate surface area is 135 Å². The van der Waals surface area contributed by atoms with Gasteiger partial charge in [-0.25, -0.2) is 4.99 Å². The number of aliphatic hydroxyl groups excluding tert-OH is 1. The molecule has 2 aliphatic rings. The van der Waals surface area contributed by atoms with Crippen LogP contribution in [0.15, 0.2) is 47.0 Å². The first-order chi connectivity index (χ1) is 10.6. The van der Waals surface area contributed by atoms with Gasteiger partial charge in [-0.05, 0) is 29.7 Å². The third kappa shape index (κ3) is 3.32. The molecule has 0 saturated carbocycles. The van der Waals surface area contributed by atoms with Crippen LogP contribution < -0.4 is 11.1 Å². The topological polar surface area (TPSA) is 70.6 Å². The number of thiocarbonyl (C=S) groups is 1. The third-order valence-corrected chi connectivity index (χ3v) is 4.26.